The van der Waals surface area contributed by atoms with E-state index in [9.17, 15) is 14.4 Å². The van der Waals surface area contributed by atoms with Crippen LogP contribution in [0.5, 0.6) is 0 Å². The Morgan fingerprint density at radius 3 is 2.53 bits per heavy atom. The standard InChI is InChI=1S/C12H20N4O3/c1-7(2)5-12(3,6-13)16-10(18)8-4-9(17)15-11(19)14-8/h4,7H,5-6,13H2,1-3H3,(H,16,18)(H2,14,15,17,19). The van der Waals surface area contributed by atoms with Crippen LogP contribution in [-0.2, 0) is 0 Å². The van der Waals surface area contributed by atoms with Crippen LogP contribution < -0.4 is 22.3 Å². The lowest BCUT2D eigenvalue weighted by molar-refractivity contribution is 0.0892. The van der Waals surface area contributed by atoms with Gasteiger partial charge in [-0.3, -0.25) is 14.6 Å². The molecule has 1 amide bonds. The minimum Gasteiger partial charge on any atom is -0.344 e. The van der Waals surface area contributed by atoms with Gasteiger partial charge in [0.15, 0.2) is 0 Å². The molecule has 0 aliphatic carbocycles. The van der Waals surface area contributed by atoms with E-state index in [0.717, 1.165) is 6.07 Å². The third-order valence-corrected chi connectivity index (χ3v) is 2.73. The number of nitrogens with one attached hydrogen (secondary N) is 3. The summed E-state index contributed by atoms with van der Waals surface area (Å²) in [6.07, 6.45) is 0.697. The maximum Gasteiger partial charge on any atom is 0.326 e. The van der Waals surface area contributed by atoms with Crippen molar-refractivity contribution >= 4 is 5.91 Å². The van der Waals surface area contributed by atoms with Crippen LogP contribution in [0.2, 0.25) is 0 Å². The molecule has 0 radical (unpaired) electrons. The average molecular weight is 268 g/mol. The van der Waals surface area contributed by atoms with E-state index in [4.69, 9.17) is 5.73 Å². The van der Waals surface area contributed by atoms with Gasteiger partial charge in [-0.2, -0.15) is 0 Å². The van der Waals surface area contributed by atoms with Crippen molar-refractivity contribution in [1.29, 1.82) is 0 Å². The minimum atomic E-state index is -0.712. The van der Waals surface area contributed by atoms with Crippen molar-refractivity contribution in [2.75, 3.05) is 6.54 Å². The number of aromatic amines is 2. The van der Waals surface area contributed by atoms with Crippen LogP contribution in [-0.4, -0.2) is 28.0 Å². The zero-order valence-corrected chi connectivity index (χ0v) is 11.4. The van der Waals surface area contributed by atoms with Crippen molar-refractivity contribution in [2.24, 2.45) is 11.7 Å². The minimum absolute atomic E-state index is 0.0721. The molecule has 0 bridgehead atoms. The maximum absolute atomic E-state index is 12.0. The summed E-state index contributed by atoms with van der Waals surface area (Å²) < 4.78 is 0. The second kappa shape index (κ2) is 5.83. The van der Waals surface area contributed by atoms with Crippen LogP contribution in [0.4, 0.5) is 0 Å². The Balaban J connectivity index is 2.94. The summed E-state index contributed by atoms with van der Waals surface area (Å²) in [6, 6.07) is 1.04. The van der Waals surface area contributed by atoms with E-state index in [1.54, 1.807) is 0 Å². The Labute approximate surface area is 110 Å². The molecule has 0 aliphatic heterocycles. The third kappa shape index (κ3) is 4.36. The van der Waals surface area contributed by atoms with E-state index >= 15 is 0 Å². The normalized spacial score (nSPS) is 14.2. The second-order valence-electron chi connectivity index (χ2n) is 5.32. The van der Waals surface area contributed by atoms with E-state index in [0.29, 0.717) is 12.3 Å². The Morgan fingerprint density at radius 2 is 2.05 bits per heavy atom. The van der Waals surface area contributed by atoms with Crippen molar-refractivity contribution in [2.45, 2.75) is 32.7 Å². The molecule has 0 aromatic carbocycles. The fourth-order valence-corrected chi connectivity index (χ4v) is 2.02. The molecule has 1 rings (SSSR count). The molecule has 0 saturated heterocycles. The van der Waals surface area contributed by atoms with Gasteiger partial charge in [-0.15, -0.1) is 0 Å². The summed E-state index contributed by atoms with van der Waals surface area (Å²) in [4.78, 5) is 38.6. The van der Waals surface area contributed by atoms with Gasteiger partial charge in [0.25, 0.3) is 11.5 Å². The number of carbonyl (C=O) groups excluding carboxylic acids is 1. The lowest BCUT2D eigenvalue weighted by atomic mass is 9.90. The lowest BCUT2D eigenvalue weighted by Gasteiger charge is -2.31. The Bertz CT molecular complexity index is 532. The predicted molar refractivity (Wildman–Crippen MR) is 72.1 cm³/mol. The Kier molecular flexibility index (Phi) is 4.66. The predicted octanol–water partition coefficient (Wildman–Crippen LogP) is -0.443. The summed E-state index contributed by atoms with van der Waals surface area (Å²) in [7, 11) is 0. The first-order valence-corrected chi connectivity index (χ1v) is 6.12. The first-order valence-electron chi connectivity index (χ1n) is 6.12. The fourth-order valence-electron chi connectivity index (χ4n) is 2.02. The topological polar surface area (TPSA) is 121 Å². The first kappa shape index (κ1) is 15.2. The molecule has 7 heteroatoms. The second-order valence-corrected chi connectivity index (χ2v) is 5.32. The van der Waals surface area contributed by atoms with Gasteiger partial charge in [0.05, 0.1) is 5.54 Å². The highest BCUT2D eigenvalue weighted by Gasteiger charge is 2.26. The number of hydrogen-bond donors (Lipinski definition) is 4. The highest BCUT2D eigenvalue weighted by molar-refractivity contribution is 5.92. The van der Waals surface area contributed by atoms with Crippen LogP contribution in [0.25, 0.3) is 0 Å². The van der Waals surface area contributed by atoms with Crippen molar-refractivity contribution in [3.05, 3.63) is 32.6 Å². The van der Waals surface area contributed by atoms with Gasteiger partial charge in [0.2, 0.25) is 0 Å². The van der Waals surface area contributed by atoms with Gasteiger partial charge < -0.3 is 16.0 Å². The summed E-state index contributed by atoms with van der Waals surface area (Å²) in [5.41, 5.74) is 3.71. The van der Waals surface area contributed by atoms with Gasteiger partial charge in [0, 0.05) is 12.6 Å². The molecule has 1 heterocycles. The number of nitrogens with two attached hydrogens (primary N) is 1. The van der Waals surface area contributed by atoms with E-state index in [-0.39, 0.29) is 12.2 Å². The molecule has 0 spiro atoms. The number of carbonyl (C=O) groups is 1. The van der Waals surface area contributed by atoms with Crippen molar-refractivity contribution in [3.63, 3.8) is 0 Å². The van der Waals surface area contributed by atoms with Gasteiger partial charge in [-0.05, 0) is 19.3 Å². The quantitative estimate of drug-likeness (QED) is 0.578. The molecule has 1 aromatic rings. The molecular weight excluding hydrogens is 248 g/mol. The molecule has 106 valence electrons. The summed E-state index contributed by atoms with van der Waals surface area (Å²) >= 11 is 0. The van der Waals surface area contributed by atoms with Crippen molar-refractivity contribution in [1.82, 2.24) is 15.3 Å². The van der Waals surface area contributed by atoms with Gasteiger partial charge in [0.1, 0.15) is 5.69 Å². The van der Waals surface area contributed by atoms with E-state index in [2.05, 4.69) is 10.3 Å². The van der Waals surface area contributed by atoms with Gasteiger partial charge in [-0.1, -0.05) is 13.8 Å². The fraction of sp³-hybridized carbons (Fsp3) is 0.583. The SMILES string of the molecule is CC(C)CC(C)(CN)NC(=O)c1cc(=O)[nH]c(=O)[nH]1. The van der Waals surface area contributed by atoms with E-state index in [1.165, 1.54) is 0 Å². The van der Waals surface area contributed by atoms with Crippen LogP contribution in [0, 0.1) is 5.92 Å². The number of H-pyrrole nitrogens is 2. The van der Waals surface area contributed by atoms with Gasteiger partial charge >= 0.3 is 5.69 Å². The molecule has 19 heavy (non-hydrogen) atoms. The monoisotopic (exact) mass is 268 g/mol. The third-order valence-electron chi connectivity index (χ3n) is 2.73. The maximum atomic E-state index is 12.0. The highest BCUT2D eigenvalue weighted by Crippen LogP contribution is 2.15. The molecule has 0 saturated carbocycles. The smallest absolute Gasteiger partial charge is 0.326 e. The number of rotatable bonds is 5. The zero-order chi connectivity index (χ0) is 14.6. The summed E-state index contributed by atoms with van der Waals surface area (Å²) in [5.74, 6) is -0.163. The molecular formula is C12H20N4O3. The molecule has 0 fully saturated rings. The molecule has 1 atom stereocenters. The van der Waals surface area contributed by atoms with E-state index < -0.39 is 22.7 Å². The lowest BCUT2D eigenvalue weighted by Crippen LogP contribution is -2.52. The molecule has 1 unspecified atom stereocenters. The van der Waals surface area contributed by atoms with Crippen LogP contribution >= 0.6 is 0 Å². The van der Waals surface area contributed by atoms with Crippen molar-refractivity contribution in [3.8, 4) is 0 Å². The highest BCUT2D eigenvalue weighted by atomic mass is 16.2. The van der Waals surface area contributed by atoms with E-state index in [1.807, 2.05) is 25.8 Å². The molecule has 5 N–H and O–H groups in total. The first-order chi connectivity index (χ1) is 8.75. The largest absolute Gasteiger partial charge is 0.344 e. The van der Waals surface area contributed by atoms with Crippen LogP contribution in [0.1, 0.15) is 37.7 Å². The molecule has 7 nitrogen and oxygen atoms in total. The van der Waals surface area contributed by atoms with Crippen LogP contribution in [0.15, 0.2) is 15.7 Å². The van der Waals surface area contributed by atoms with Crippen LogP contribution in [0.3, 0.4) is 0 Å². The molecule has 1 aromatic heterocycles. The van der Waals surface area contributed by atoms with Crippen molar-refractivity contribution < 1.29 is 4.79 Å². The zero-order valence-electron chi connectivity index (χ0n) is 11.4. The van der Waals surface area contributed by atoms with Gasteiger partial charge in [-0.25, -0.2) is 4.79 Å². The number of aromatic nitrogens is 2. The summed E-state index contributed by atoms with van der Waals surface area (Å²) in [6.45, 7) is 6.14. The number of hydrogen-bond acceptors (Lipinski definition) is 4. The Morgan fingerprint density at radius 1 is 1.42 bits per heavy atom. The Hall–Kier alpha value is -1.89. The summed E-state index contributed by atoms with van der Waals surface area (Å²) in [5, 5.41) is 2.76. The average Bonchev–Trinajstić information content (AvgIpc) is 2.26. The molecule has 0 aliphatic rings. The number of amides is 1.